The van der Waals surface area contributed by atoms with Crippen LogP contribution in [0.5, 0.6) is 5.75 Å². The topological polar surface area (TPSA) is 52.5 Å². The molecule has 1 fully saturated rings. The summed E-state index contributed by atoms with van der Waals surface area (Å²) in [7, 11) is 8.22. The summed E-state index contributed by atoms with van der Waals surface area (Å²) < 4.78 is 5.80. The van der Waals surface area contributed by atoms with Crippen LogP contribution in [0.4, 0.5) is 5.69 Å². The van der Waals surface area contributed by atoms with E-state index in [0.29, 0.717) is 0 Å². The maximum absolute atomic E-state index is 5.80. The van der Waals surface area contributed by atoms with Crippen LogP contribution in [0.1, 0.15) is 77.8 Å². The van der Waals surface area contributed by atoms with Gasteiger partial charge in [0.05, 0.1) is 12.3 Å². The van der Waals surface area contributed by atoms with Gasteiger partial charge in [0.1, 0.15) is 17.4 Å². The highest BCUT2D eigenvalue weighted by molar-refractivity contribution is 5.99. The SMILES string of the molecule is CC1=Nc2ccccc2CC(N(C)C)=N1.CC[C@@H]1CCCC(CCNCc2ccc(OCCCN(C)C)cc2)CC1.[HH]. The normalized spacial score (nSPS) is 18.7. The lowest BCUT2D eigenvalue weighted by Crippen LogP contribution is -2.24. The summed E-state index contributed by atoms with van der Waals surface area (Å²) >= 11 is 0. The first-order chi connectivity index (χ1) is 19.8. The Morgan fingerprint density at radius 2 is 1.66 bits per heavy atom. The van der Waals surface area contributed by atoms with E-state index in [0.717, 1.165) is 74.0 Å². The van der Waals surface area contributed by atoms with Gasteiger partial charge in [-0.05, 0) is 81.6 Å². The predicted molar refractivity (Wildman–Crippen MR) is 178 cm³/mol. The largest absolute Gasteiger partial charge is 0.494 e. The number of benzene rings is 2. The van der Waals surface area contributed by atoms with Crippen molar-refractivity contribution in [3.63, 3.8) is 0 Å². The van der Waals surface area contributed by atoms with Crippen LogP contribution in [0.25, 0.3) is 0 Å². The van der Waals surface area contributed by atoms with Crippen molar-refractivity contribution in [2.75, 3.05) is 47.9 Å². The molecule has 0 bridgehead atoms. The van der Waals surface area contributed by atoms with E-state index in [4.69, 9.17) is 4.74 Å². The average Bonchev–Trinajstić information content (AvgIpc) is 3.30. The molecule has 1 saturated carbocycles. The number of hydrogen-bond acceptors (Lipinski definition) is 6. The summed E-state index contributed by atoms with van der Waals surface area (Å²) in [5.74, 6) is 4.80. The molecule has 1 unspecified atom stereocenters. The van der Waals surface area contributed by atoms with Crippen molar-refractivity contribution in [2.24, 2.45) is 21.8 Å². The molecule has 2 aromatic rings. The number of para-hydroxylation sites is 1. The summed E-state index contributed by atoms with van der Waals surface area (Å²) in [6.07, 6.45) is 11.9. The van der Waals surface area contributed by atoms with Crippen molar-refractivity contribution in [1.82, 2.24) is 15.1 Å². The molecule has 1 aliphatic carbocycles. The number of ether oxygens (including phenoxy) is 1. The van der Waals surface area contributed by atoms with Crippen LogP contribution >= 0.6 is 0 Å². The number of rotatable bonds is 11. The molecule has 6 heteroatoms. The van der Waals surface area contributed by atoms with E-state index in [1.54, 1.807) is 0 Å². The molecule has 1 heterocycles. The van der Waals surface area contributed by atoms with Gasteiger partial charge in [0, 0.05) is 35.0 Å². The van der Waals surface area contributed by atoms with Gasteiger partial charge in [-0.15, -0.1) is 0 Å². The lowest BCUT2D eigenvalue weighted by atomic mass is 9.94. The number of nitrogens with zero attached hydrogens (tertiary/aromatic N) is 4. The van der Waals surface area contributed by atoms with Crippen LogP contribution in [0.3, 0.4) is 0 Å². The van der Waals surface area contributed by atoms with E-state index in [1.807, 2.05) is 44.1 Å². The van der Waals surface area contributed by atoms with Gasteiger partial charge in [0.15, 0.2) is 0 Å². The number of amidine groups is 2. The lowest BCUT2D eigenvalue weighted by molar-refractivity contribution is 0.281. The van der Waals surface area contributed by atoms with Gasteiger partial charge in [-0.25, -0.2) is 9.98 Å². The lowest BCUT2D eigenvalue weighted by Gasteiger charge is -2.15. The fourth-order valence-electron chi connectivity index (χ4n) is 5.59. The van der Waals surface area contributed by atoms with Gasteiger partial charge < -0.3 is 19.9 Å². The monoisotopic (exact) mass is 563 g/mol. The highest BCUT2D eigenvalue weighted by Gasteiger charge is 2.17. The number of likely N-dealkylation sites (N-methyl/N-ethyl adjacent to an activating group) is 1. The van der Waals surface area contributed by atoms with Gasteiger partial charge in [0.25, 0.3) is 0 Å². The van der Waals surface area contributed by atoms with Gasteiger partial charge >= 0.3 is 0 Å². The van der Waals surface area contributed by atoms with Crippen LogP contribution < -0.4 is 10.1 Å². The smallest absolute Gasteiger partial charge is 0.127 e. The van der Waals surface area contributed by atoms with Crippen molar-refractivity contribution < 1.29 is 6.16 Å². The van der Waals surface area contributed by atoms with Crippen molar-refractivity contribution in [1.29, 1.82) is 0 Å². The minimum absolute atomic E-state index is 0. The van der Waals surface area contributed by atoms with Gasteiger partial charge in [-0.1, -0.05) is 75.8 Å². The molecule has 6 nitrogen and oxygen atoms in total. The maximum atomic E-state index is 5.80. The van der Waals surface area contributed by atoms with Crippen LogP contribution in [0.2, 0.25) is 0 Å². The quantitative estimate of drug-likeness (QED) is 0.226. The maximum Gasteiger partial charge on any atom is 0.127 e. The summed E-state index contributed by atoms with van der Waals surface area (Å²) in [5, 5.41) is 3.63. The zero-order valence-electron chi connectivity index (χ0n) is 26.7. The second-order valence-corrected chi connectivity index (χ2v) is 12.2. The van der Waals surface area contributed by atoms with Crippen molar-refractivity contribution in [3.05, 3.63) is 59.7 Å². The first-order valence-corrected chi connectivity index (χ1v) is 15.8. The van der Waals surface area contributed by atoms with Crippen LogP contribution in [0, 0.1) is 11.8 Å². The number of aliphatic imine (C=N–C) groups is 2. The minimum atomic E-state index is 0. The molecule has 228 valence electrons. The van der Waals surface area contributed by atoms with Crippen LogP contribution in [-0.4, -0.2) is 69.4 Å². The third-order valence-corrected chi connectivity index (χ3v) is 8.22. The van der Waals surface area contributed by atoms with E-state index >= 15 is 0 Å². The zero-order valence-corrected chi connectivity index (χ0v) is 26.7. The molecule has 0 saturated heterocycles. The number of fused-ring (bicyclic) bond motifs is 1. The summed E-state index contributed by atoms with van der Waals surface area (Å²) in [6.45, 7) is 8.26. The Kier molecular flexibility index (Phi) is 14.4. The second kappa shape index (κ2) is 18.0. The van der Waals surface area contributed by atoms with Crippen molar-refractivity contribution in [3.8, 4) is 5.75 Å². The molecular formula is C35H57N5O. The van der Waals surface area contributed by atoms with Crippen molar-refractivity contribution >= 4 is 17.4 Å². The fraction of sp³-hybridized carbons (Fsp3) is 0.600. The van der Waals surface area contributed by atoms with Crippen LogP contribution in [-0.2, 0) is 13.0 Å². The number of nitrogens with one attached hydrogen (secondary N) is 1. The van der Waals surface area contributed by atoms with Crippen LogP contribution in [0.15, 0.2) is 58.5 Å². The Bertz CT molecular complexity index is 1080. The molecule has 1 aliphatic heterocycles. The number of hydrogen-bond donors (Lipinski definition) is 1. The second-order valence-electron chi connectivity index (χ2n) is 12.2. The molecule has 1 N–H and O–H groups in total. The molecule has 0 amide bonds. The average molecular weight is 564 g/mol. The van der Waals surface area contributed by atoms with E-state index < -0.39 is 0 Å². The Hall–Kier alpha value is -2.70. The molecule has 41 heavy (non-hydrogen) atoms. The fourth-order valence-corrected chi connectivity index (χ4v) is 5.59. The molecule has 0 radical (unpaired) electrons. The van der Waals surface area contributed by atoms with Gasteiger partial charge in [-0.2, -0.15) is 0 Å². The molecular weight excluding hydrogens is 506 g/mol. The molecule has 2 atom stereocenters. The molecule has 4 rings (SSSR count). The van der Waals surface area contributed by atoms with Gasteiger partial charge in [0.2, 0.25) is 0 Å². The highest BCUT2D eigenvalue weighted by Crippen LogP contribution is 2.30. The predicted octanol–water partition coefficient (Wildman–Crippen LogP) is 7.60. The third kappa shape index (κ3) is 12.4. The van der Waals surface area contributed by atoms with E-state index in [-0.39, 0.29) is 1.43 Å². The summed E-state index contributed by atoms with van der Waals surface area (Å²) in [4.78, 5) is 13.2. The minimum Gasteiger partial charge on any atom is -0.494 e. The Morgan fingerprint density at radius 1 is 0.927 bits per heavy atom. The van der Waals surface area contributed by atoms with E-state index in [9.17, 15) is 0 Å². The first kappa shape index (κ1) is 32.8. The van der Waals surface area contributed by atoms with Crippen molar-refractivity contribution in [2.45, 2.75) is 78.2 Å². The highest BCUT2D eigenvalue weighted by atomic mass is 16.5. The molecule has 0 aromatic heterocycles. The molecule has 0 spiro atoms. The Morgan fingerprint density at radius 3 is 2.39 bits per heavy atom. The molecule has 2 aromatic carbocycles. The summed E-state index contributed by atoms with van der Waals surface area (Å²) in [6, 6.07) is 16.8. The first-order valence-electron chi connectivity index (χ1n) is 15.8. The van der Waals surface area contributed by atoms with Gasteiger partial charge in [-0.3, -0.25) is 0 Å². The Labute approximate surface area is 251 Å². The van der Waals surface area contributed by atoms with E-state index in [1.165, 1.54) is 56.1 Å². The van der Waals surface area contributed by atoms with E-state index in [2.05, 4.69) is 71.6 Å². The standard InChI is InChI=1S/C23H40N2O.C12H15N3.H2/c1-4-20-7-5-8-21(10-9-20)15-16-24-19-22-11-13-23(14-12-22)26-18-6-17-25(2)3;1-9-13-11-7-5-4-6-10(11)8-12(14-9)15(2)3;/h11-14,20-21,24H,4-10,15-19H2,1-3H3;4-7H,8H2,1-3H3;1H/t20-,21?;;/m1../s1. The molecule has 2 aliphatic rings. The third-order valence-electron chi connectivity index (χ3n) is 8.22. The zero-order chi connectivity index (χ0) is 29.5. The Balaban J connectivity index is 0.000000327. The summed E-state index contributed by atoms with van der Waals surface area (Å²) in [5.41, 5.74) is 3.62.